The third kappa shape index (κ3) is 6.00. The summed E-state index contributed by atoms with van der Waals surface area (Å²) >= 11 is 7.25. The highest BCUT2D eigenvalue weighted by Gasteiger charge is 2.35. The molecule has 0 aromatic carbocycles. The molecule has 37 heavy (non-hydrogen) atoms. The average Bonchev–Trinajstić information content (AvgIpc) is 3.56. The lowest BCUT2D eigenvalue weighted by molar-refractivity contribution is -0.136. The minimum atomic E-state index is -0.829. The Kier molecular flexibility index (Phi) is 7.54. The summed E-state index contributed by atoms with van der Waals surface area (Å²) in [6.07, 6.45) is 8.22. The van der Waals surface area contributed by atoms with Crippen molar-refractivity contribution in [1.29, 1.82) is 0 Å². The summed E-state index contributed by atoms with van der Waals surface area (Å²) in [6.45, 7) is 1.70. The van der Waals surface area contributed by atoms with Crippen LogP contribution in [-0.2, 0) is 22.6 Å². The van der Waals surface area contributed by atoms with E-state index in [1.807, 2.05) is 24.5 Å². The summed E-state index contributed by atoms with van der Waals surface area (Å²) in [5, 5.41) is 9.26. The van der Waals surface area contributed by atoms with Crippen LogP contribution in [0.15, 0.2) is 42.9 Å². The molecule has 3 N–H and O–H groups in total. The Morgan fingerprint density at radius 2 is 1.89 bits per heavy atom. The Balaban J connectivity index is 1.28. The summed E-state index contributed by atoms with van der Waals surface area (Å²) in [7, 11) is 2.05. The predicted molar refractivity (Wildman–Crippen MR) is 141 cm³/mol. The van der Waals surface area contributed by atoms with Gasteiger partial charge < -0.3 is 25.4 Å². The fraction of sp³-hybridized carbons (Fsp3) is 0.400. The molecule has 1 aliphatic heterocycles. The maximum absolute atomic E-state index is 13.2. The standard InChI is InChI=1S/C25H28ClN7O3S/c1-32-11-8-18-20(14-32)37-25(30-18)24(36)29-19-12-16(33-9-2-3-10-33)5-6-17(19)28-22(34)23(35)31-21-7-4-15(26)13-27-21/h2-4,7,9-10,13,16-17,19H,5-6,8,11-12,14H2,1H3,(H,28,34)(H,29,36)(H,27,31,35)/t16-,17-,19+/m0/s1. The molecule has 3 amide bonds. The number of anilines is 1. The van der Waals surface area contributed by atoms with Gasteiger partial charge in [-0.25, -0.2) is 9.97 Å². The first kappa shape index (κ1) is 25.4. The van der Waals surface area contributed by atoms with Gasteiger partial charge in [-0.2, -0.15) is 0 Å². The van der Waals surface area contributed by atoms with E-state index >= 15 is 0 Å². The van der Waals surface area contributed by atoms with Crippen molar-refractivity contribution in [2.24, 2.45) is 0 Å². The van der Waals surface area contributed by atoms with Gasteiger partial charge in [-0.3, -0.25) is 14.4 Å². The van der Waals surface area contributed by atoms with Crippen molar-refractivity contribution >= 4 is 46.5 Å². The molecule has 1 aliphatic carbocycles. The van der Waals surface area contributed by atoms with Crippen molar-refractivity contribution in [3.8, 4) is 0 Å². The first-order valence-electron chi connectivity index (χ1n) is 12.2. The number of thiazole rings is 1. The Hall–Kier alpha value is -3.28. The van der Waals surface area contributed by atoms with Gasteiger partial charge in [0, 0.05) is 55.1 Å². The van der Waals surface area contributed by atoms with Gasteiger partial charge in [-0.05, 0) is 50.6 Å². The average molecular weight is 542 g/mol. The van der Waals surface area contributed by atoms with E-state index in [9.17, 15) is 14.4 Å². The number of nitrogens with zero attached hydrogens (tertiary/aromatic N) is 4. The zero-order chi connectivity index (χ0) is 25.9. The topological polar surface area (TPSA) is 121 Å². The molecule has 1 saturated carbocycles. The zero-order valence-corrected chi connectivity index (χ0v) is 21.9. The number of hydrogen-bond acceptors (Lipinski definition) is 7. The highest BCUT2D eigenvalue weighted by atomic mass is 35.5. The second-order valence-electron chi connectivity index (χ2n) is 9.45. The minimum absolute atomic E-state index is 0.165. The quantitative estimate of drug-likeness (QED) is 0.427. The van der Waals surface area contributed by atoms with Crippen LogP contribution in [0.5, 0.6) is 0 Å². The molecule has 0 saturated heterocycles. The molecule has 194 valence electrons. The molecule has 4 heterocycles. The summed E-state index contributed by atoms with van der Waals surface area (Å²) in [5.74, 6) is -1.64. The van der Waals surface area contributed by atoms with Gasteiger partial charge in [-0.15, -0.1) is 11.3 Å². The van der Waals surface area contributed by atoms with Crippen LogP contribution in [0.2, 0.25) is 5.02 Å². The Morgan fingerprint density at radius 3 is 2.65 bits per heavy atom. The first-order valence-corrected chi connectivity index (χ1v) is 13.4. The van der Waals surface area contributed by atoms with Gasteiger partial charge in [0.25, 0.3) is 5.91 Å². The first-order chi connectivity index (χ1) is 17.9. The van der Waals surface area contributed by atoms with Gasteiger partial charge >= 0.3 is 11.8 Å². The smallest absolute Gasteiger partial charge is 0.314 e. The number of amides is 3. The van der Waals surface area contributed by atoms with Crippen molar-refractivity contribution < 1.29 is 14.4 Å². The molecule has 0 bridgehead atoms. The molecule has 5 rings (SSSR count). The third-order valence-corrected chi connectivity index (χ3v) is 8.10. The molecule has 3 aromatic rings. The molecule has 3 aromatic heterocycles. The van der Waals surface area contributed by atoms with Gasteiger partial charge in [0.05, 0.1) is 16.8 Å². The number of halogens is 1. The molecule has 12 heteroatoms. The monoisotopic (exact) mass is 541 g/mol. The second-order valence-corrected chi connectivity index (χ2v) is 11.0. The van der Waals surface area contributed by atoms with Gasteiger partial charge in [-0.1, -0.05) is 11.6 Å². The Bertz CT molecular complexity index is 1280. The van der Waals surface area contributed by atoms with E-state index in [0.717, 1.165) is 36.5 Å². The highest BCUT2D eigenvalue weighted by molar-refractivity contribution is 7.13. The van der Waals surface area contributed by atoms with Gasteiger partial charge in [0.2, 0.25) is 0 Å². The molecule has 1 fully saturated rings. The van der Waals surface area contributed by atoms with Crippen LogP contribution >= 0.6 is 22.9 Å². The van der Waals surface area contributed by atoms with E-state index in [2.05, 4.69) is 42.4 Å². The van der Waals surface area contributed by atoms with Crippen LogP contribution < -0.4 is 16.0 Å². The zero-order valence-electron chi connectivity index (χ0n) is 20.3. The van der Waals surface area contributed by atoms with E-state index in [0.29, 0.717) is 22.9 Å². The molecule has 3 atom stereocenters. The van der Waals surface area contributed by atoms with E-state index in [1.54, 1.807) is 6.07 Å². The molecule has 0 spiro atoms. The summed E-state index contributed by atoms with van der Waals surface area (Å²) in [4.78, 5) is 50.4. The number of likely N-dealkylation sites (N-methyl/N-ethyl adjacent to an activating group) is 1. The Labute approximate surface area is 223 Å². The molecule has 0 unspecified atom stereocenters. The van der Waals surface area contributed by atoms with Crippen LogP contribution in [0.4, 0.5) is 5.82 Å². The lowest BCUT2D eigenvalue weighted by Gasteiger charge is -2.37. The van der Waals surface area contributed by atoms with E-state index in [-0.39, 0.29) is 23.8 Å². The van der Waals surface area contributed by atoms with E-state index in [4.69, 9.17) is 11.6 Å². The number of aromatic nitrogens is 3. The lowest BCUT2D eigenvalue weighted by atomic mass is 9.86. The van der Waals surface area contributed by atoms with Gasteiger partial charge in [0.15, 0.2) is 5.01 Å². The largest absolute Gasteiger partial charge is 0.351 e. The maximum Gasteiger partial charge on any atom is 0.314 e. The number of rotatable bonds is 5. The normalized spacial score (nSPS) is 21.6. The molecular formula is C25H28ClN7O3S. The van der Waals surface area contributed by atoms with Crippen LogP contribution in [0.25, 0.3) is 0 Å². The van der Waals surface area contributed by atoms with E-state index in [1.165, 1.54) is 23.6 Å². The third-order valence-electron chi connectivity index (χ3n) is 6.80. The SMILES string of the molecule is CN1CCc2nc(C(=O)N[C@@H]3C[C@@H](n4cccc4)CC[C@@H]3NC(=O)C(=O)Nc3ccc(Cl)cn3)sc2C1. The van der Waals surface area contributed by atoms with Crippen molar-refractivity contribution in [2.75, 3.05) is 18.9 Å². The van der Waals surface area contributed by atoms with Crippen LogP contribution in [0, 0.1) is 0 Å². The van der Waals surface area contributed by atoms with Crippen LogP contribution in [0.3, 0.4) is 0 Å². The maximum atomic E-state index is 13.2. The number of hydrogen-bond donors (Lipinski definition) is 3. The van der Waals surface area contributed by atoms with E-state index < -0.39 is 17.9 Å². The number of pyridine rings is 1. The lowest BCUT2D eigenvalue weighted by Crippen LogP contribution is -2.56. The van der Waals surface area contributed by atoms with Crippen molar-refractivity contribution in [1.82, 2.24) is 30.1 Å². The number of nitrogens with one attached hydrogen (secondary N) is 3. The highest BCUT2D eigenvalue weighted by Crippen LogP contribution is 2.30. The molecule has 10 nitrogen and oxygen atoms in total. The molecule has 2 aliphatic rings. The fourth-order valence-corrected chi connectivity index (χ4v) is 6.05. The predicted octanol–water partition coefficient (Wildman–Crippen LogP) is 2.63. The fourth-order valence-electron chi connectivity index (χ4n) is 4.85. The minimum Gasteiger partial charge on any atom is -0.351 e. The summed E-state index contributed by atoms with van der Waals surface area (Å²) in [6, 6.07) is 6.41. The number of carbonyl (C=O) groups is 3. The molecule has 0 radical (unpaired) electrons. The van der Waals surface area contributed by atoms with Crippen molar-refractivity contribution in [3.05, 3.63) is 63.5 Å². The van der Waals surface area contributed by atoms with Gasteiger partial charge in [0.1, 0.15) is 5.82 Å². The van der Waals surface area contributed by atoms with Crippen LogP contribution in [0.1, 0.15) is 45.7 Å². The number of carbonyl (C=O) groups excluding carboxylic acids is 3. The van der Waals surface area contributed by atoms with Crippen molar-refractivity contribution in [3.63, 3.8) is 0 Å². The van der Waals surface area contributed by atoms with Crippen molar-refractivity contribution in [2.45, 2.75) is 50.4 Å². The van der Waals surface area contributed by atoms with Crippen LogP contribution in [-0.4, -0.2) is 62.8 Å². The summed E-state index contributed by atoms with van der Waals surface area (Å²) < 4.78 is 2.12. The number of fused-ring (bicyclic) bond motifs is 1. The Morgan fingerprint density at radius 1 is 1.08 bits per heavy atom. The summed E-state index contributed by atoms with van der Waals surface area (Å²) in [5.41, 5.74) is 0.986. The molecular weight excluding hydrogens is 514 g/mol. The second kappa shape index (κ2) is 11.0.